The molecule has 0 radical (unpaired) electrons. The molecule has 0 aromatic heterocycles. The van der Waals surface area contributed by atoms with E-state index in [4.69, 9.17) is 4.74 Å². The minimum atomic E-state index is -1.04. The monoisotopic (exact) mass is 498 g/mol. The number of aliphatic hydroxyl groups is 1. The topological polar surface area (TPSA) is 73.2 Å². The first-order chi connectivity index (χ1) is 17.8. The summed E-state index contributed by atoms with van der Waals surface area (Å²) in [6.45, 7) is 3.96. The van der Waals surface area contributed by atoms with Gasteiger partial charge in [-0.15, -0.1) is 0 Å². The molecule has 1 saturated heterocycles. The van der Waals surface area contributed by atoms with E-state index in [9.17, 15) is 15.0 Å². The number of piperidine rings is 1. The maximum Gasteiger partial charge on any atom is 0.298 e. The number of ether oxygens (including phenoxy) is 1. The molecule has 37 heavy (non-hydrogen) atoms. The first-order valence-electron chi connectivity index (χ1n) is 13.6. The molecule has 2 aromatic carbocycles. The van der Waals surface area contributed by atoms with Gasteiger partial charge in [-0.3, -0.25) is 9.69 Å². The van der Waals surface area contributed by atoms with Crippen LogP contribution in [0.3, 0.4) is 0 Å². The molecule has 2 aliphatic heterocycles. The third-order valence-electron chi connectivity index (χ3n) is 9.87. The van der Waals surface area contributed by atoms with Crippen LogP contribution in [-0.2, 0) is 16.6 Å². The number of hydrogen-bond donors (Lipinski definition) is 2. The molecular formula is C31H34N2O4. The number of phenols is 1. The highest BCUT2D eigenvalue weighted by Gasteiger charge is 2.72. The lowest BCUT2D eigenvalue weighted by Gasteiger charge is -2.64. The fourth-order valence-electron chi connectivity index (χ4n) is 7.88. The quantitative estimate of drug-likeness (QED) is 0.637. The Kier molecular flexibility index (Phi) is 5.00. The summed E-state index contributed by atoms with van der Waals surface area (Å²) in [5, 5.41) is 23.5. The van der Waals surface area contributed by atoms with Gasteiger partial charge in [0.2, 0.25) is 0 Å². The van der Waals surface area contributed by atoms with Gasteiger partial charge >= 0.3 is 0 Å². The zero-order valence-electron chi connectivity index (χ0n) is 21.5. The predicted molar refractivity (Wildman–Crippen MR) is 139 cm³/mol. The van der Waals surface area contributed by atoms with Gasteiger partial charge in [-0.1, -0.05) is 24.1 Å². The summed E-state index contributed by atoms with van der Waals surface area (Å²) in [5.41, 5.74) is 2.54. The van der Waals surface area contributed by atoms with Gasteiger partial charge in [0.05, 0.1) is 11.0 Å². The lowest BCUT2D eigenvalue weighted by molar-refractivity contribution is -0.198. The summed E-state index contributed by atoms with van der Waals surface area (Å²) in [4.78, 5) is 17.4. The van der Waals surface area contributed by atoms with Crippen LogP contribution in [-0.4, -0.2) is 69.8 Å². The minimum Gasteiger partial charge on any atom is -0.504 e. The van der Waals surface area contributed by atoms with Gasteiger partial charge < -0.3 is 19.8 Å². The largest absolute Gasteiger partial charge is 0.504 e. The molecule has 2 heterocycles. The van der Waals surface area contributed by atoms with E-state index in [2.05, 4.69) is 16.7 Å². The Morgan fingerprint density at radius 3 is 2.89 bits per heavy atom. The van der Waals surface area contributed by atoms with Crippen LogP contribution in [0.15, 0.2) is 36.4 Å². The van der Waals surface area contributed by atoms with Crippen molar-refractivity contribution in [3.05, 3.63) is 58.7 Å². The maximum absolute atomic E-state index is 13.2. The number of aromatic hydroxyl groups is 1. The number of hydrogen-bond acceptors (Lipinski definition) is 5. The molecular weight excluding hydrogens is 464 g/mol. The Balaban J connectivity index is 1.24. The van der Waals surface area contributed by atoms with Crippen molar-refractivity contribution in [2.45, 2.75) is 74.7 Å². The molecule has 2 N–H and O–H groups in total. The maximum atomic E-state index is 13.2. The number of carbonyl (C=O) groups excluding carboxylic acids is 1. The number of rotatable bonds is 3. The van der Waals surface area contributed by atoms with Crippen LogP contribution in [0.25, 0.3) is 0 Å². The number of benzene rings is 2. The number of likely N-dealkylation sites (tertiary alicyclic amines) is 1. The lowest BCUT2D eigenvalue weighted by Crippen LogP contribution is -2.77. The summed E-state index contributed by atoms with van der Waals surface area (Å²) >= 11 is 0. The SMILES string of the molecule is Cc1cccc(C#CC(=O)N(C)[C@H]2C[C@@H]3Oc4c(O)ccc5c4[C@@]34CCN(CC3CC3)[C@H](C5)[C@]4(O)C2)c1. The molecule has 1 spiro atoms. The van der Waals surface area contributed by atoms with E-state index in [1.54, 1.807) is 18.0 Å². The Morgan fingerprint density at radius 2 is 2.11 bits per heavy atom. The van der Waals surface area contributed by atoms with Crippen LogP contribution in [0.2, 0.25) is 0 Å². The average molecular weight is 499 g/mol. The van der Waals surface area contributed by atoms with Gasteiger partial charge in [-0.25, -0.2) is 0 Å². The number of carbonyl (C=O) groups is 1. The van der Waals surface area contributed by atoms with E-state index in [1.165, 1.54) is 18.4 Å². The minimum absolute atomic E-state index is 0.0272. The zero-order valence-corrected chi connectivity index (χ0v) is 21.5. The van der Waals surface area contributed by atoms with Gasteiger partial charge in [0.15, 0.2) is 11.5 Å². The third kappa shape index (κ3) is 3.30. The van der Waals surface area contributed by atoms with Gasteiger partial charge in [-0.2, -0.15) is 0 Å². The second kappa shape index (κ2) is 7.99. The first-order valence-corrected chi connectivity index (χ1v) is 13.6. The van der Waals surface area contributed by atoms with E-state index < -0.39 is 11.0 Å². The molecule has 3 aliphatic carbocycles. The second-order valence-corrected chi connectivity index (χ2v) is 12.0. The van der Waals surface area contributed by atoms with Crippen molar-refractivity contribution in [1.82, 2.24) is 9.80 Å². The smallest absolute Gasteiger partial charge is 0.298 e. The molecule has 0 unspecified atom stereocenters. The van der Waals surface area contributed by atoms with Crippen LogP contribution in [0.4, 0.5) is 0 Å². The van der Waals surface area contributed by atoms with Crippen molar-refractivity contribution in [3.8, 4) is 23.3 Å². The Labute approximate surface area is 218 Å². The highest BCUT2D eigenvalue weighted by atomic mass is 16.5. The molecule has 7 rings (SSSR count). The lowest BCUT2D eigenvalue weighted by atomic mass is 9.48. The molecule has 5 aliphatic rings. The highest BCUT2D eigenvalue weighted by molar-refractivity contribution is 5.94. The zero-order chi connectivity index (χ0) is 25.5. The Bertz CT molecular complexity index is 1360. The van der Waals surface area contributed by atoms with Crippen molar-refractivity contribution < 1.29 is 19.7 Å². The average Bonchev–Trinajstić information content (AvgIpc) is 3.62. The van der Waals surface area contributed by atoms with Crippen molar-refractivity contribution in [2.24, 2.45) is 5.92 Å². The molecule has 1 amide bonds. The Morgan fingerprint density at radius 1 is 1.27 bits per heavy atom. The van der Waals surface area contributed by atoms with Crippen molar-refractivity contribution in [1.29, 1.82) is 0 Å². The molecule has 3 fully saturated rings. The van der Waals surface area contributed by atoms with E-state index >= 15 is 0 Å². The fraction of sp³-hybridized carbons (Fsp3) is 0.516. The summed E-state index contributed by atoms with van der Waals surface area (Å²) in [5.74, 6) is 7.01. The van der Waals surface area contributed by atoms with E-state index in [1.807, 2.05) is 37.3 Å². The van der Waals surface area contributed by atoms with Crippen molar-refractivity contribution in [3.63, 3.8) is 0 Å². The second-order valence-electron chi connectivity index (χ2n) is 12.0. The van der Waals surface area contributed by atoms with Crippen LogP contribution >= 0.6 is 0 Å². The molecule has 2 bridgehead atoms. The summed E-state index contributed by atoms with van der Waals surface area (Å²) in [7, 11) is 1.80. The van der Waals surface area contributed by atoms with Gasteiger partial charge in [-0.05, 0) is 80.8 Å². The molecule has 6 heteroatoms. The van der Waals surface area contributed by atoms with E-state index in [-0.39, 0.29) is 29.8 Å². The number of nitrogens with zero attached hydrogens (tertiary/aromatic N) is 2. The predicted octanol–water partition coefficient (Wildman–Crippen LogP) is 3.14. The van der Waals surface area contributed by atoms with Crippen molar-refractivity contribution in [2.75, 3.05) is 20.1 Å². The normalized spacial score (nSPS) is 33.1. The highest BCUT2D eigenvalue weighted by Crippen LogP contribution is 2.65. The van der Waals surface area contributed by atoms with Crippen LogP contribution in [0.5, 0.6) is 11.5 Å². The van der Waals surface area contributed by atoms with Gasteiger partial charge in [0.25, 0.3) is 5.91 Å². The summed E-state index contributed by atoms with van der Waals surface area (Å²) in [6.07, 6.45) is 4.89. The third-order valence-corrected chi connectivity index (χ3v) is 9.87. The standard InChI is InChI=1S/C31H34N2O4/c1-19-4-3-5-20(14-19)8-11-27(35)32(2)23-16-26-30-12-13-33(18-21-6-7-21)25(31(30,36)17-23)15-22-9-10-24(34)29(37-26)28(22)30/h3-5,9-10,14,21,23,25-26,34,36H,6-7,12-13,15-18H2,1-2H3/t23-,25+,26-,30+,31+/m0/s1. The summed E-state index contributed by atoms with van der Waals surface area (Å²) < 4.78 is 6.50. The molecule has 2 aromatic rings. The van der Waals surface area contributed by atoms with Crippen molar-refractivity contribution >= 4 is 5.91 Å². The van der Waals surface area contributed by atoms with Crippen LogP contribution in [0, 0.1) is 24.7 Å². The molecule has 5 atom stereocenters. The first kappa shape index (κ1) is 23.1. The van der Waals surface area contributed by atoms with E-state index in [0.717, 1.165) is 48.5 Å². The number of amides is 1. The molecule has 192 valence electrons. The van der Waals surface area contributed by atoms with E-state index in [0.29, 0.717) is 18.6 Å². The molecule has 6 nitrogen and oxygen atoms in total. The molecule has 2 saturated carbocycles. The van der Waals surface area contributed by atoms with Gasteiger partial charge in [0.1, 0.15) is 6.10 Å². The Hall–Kier alpha value is -3.01. The van der Waals surface area contributed by atoms with Crippen LogP contribution in [0.1, 0.15) is 54.4 Å². The fourth-order valence-corrected chi connectivity index (χ4v) is 7.88. The number of phenolic OH excluding ortho intramolecular Hbond substituents is 1. The number of aryl methyl sites for hydroxylation is 1. The summed E-state index contributed by atoms with van der Waals surface area (Å²) in [6, 6.07) is 11.4. The van der Waals surface area contributed by atoms with Gasteiger partial charge in [0, 0.05) is 49.1 Å². The van der Waals surface area contributed by atoms with Crippen LogP contribution < -0.4 is 4.74 Å².